The number of thiophene rings is 1. The molecule has 1 saturated heterocycles. The minimum atomic E-state index is -0.869. The van der Waals surface area contributed by atoms with Crippen LogP contribution >= 0.6 is 33.9 Å². The summed E-state index contributed by atoms with van der Waals surface area (Å²) in [5.41, 5.74) is 0.513. The quantitative estimate of drug-likeness (QED) is 0.389. The van der Waals surface area contributed by atoms with Crippen LogP contribution in [0.3, 0.4) is 0 Å². The highest BCUT2D eigenvalue weighted by Gasteiger charge is 2.45. The Morgan fingerprint density at radius 2 is 1.96 bits per heavy atom. The number of carbonyl (C=O) groups excluding carboxylic acids is 3. The molecular formula is C20H15IN2O4S. The molecule has 1 aliphatic heterocycles. The number of carbonyl (C=O) groups is 3. The number of hydrogen-bond acceptors (Lipinski definition) is 5. The summed E-state index contributed by atoms with van der Waals surface area (Å²) in [5.74, 6) is -0.985. The molecule has 1 fully saturated rings. The first-order valence-electron chi connectivity index (χ1n) is 8.54. The Hall–Kier alpha value is -2.46. The molecular weight excluding hydrogens is 491 g/mol. The van der Waals surface area contributed by atoms with E-state index >= 15 is 0 Å². The first-order valence-corrected chi connectivity index (χ1v) is 10.5. The lowest BCUT2D eigenvalue weighted by Crippen LogP contribution is -2.44. The molecule has 4 rings (SSSR count). The third-order valence-corrected chi connectivity index (χ3v) is 6.06. The average molecular weight is 506 g/mol. The molecule has 1 unspecified atom stereocenters. The fourth-order valence-corrected chi connectivity index (χ4v) is 4.22. The molecule has 3 aromatic rings. The van der Waals surface area contributed by atoms with E-state index in [0.717, 1.165) is 13.3 Å². The van der Waals surface area contributed by atoms with Gasteiger partial charge >= 0.3 is 0 Å². The predicted octanol–water partition coefficient (Wildman–Crippen LogP) is 3.92. The zero-order valence-electron chi connectivity index (χ0n) is 14.6. The van der Waals surface area contributed by atoms with Gasteiger partial charge in [-0.25, -0.2) is 4.90 Å². The highest BCUT2D eigenvalue weighted by Crippen LogP contribution is 2.29. The summed E-state index contributed by atoms with van der Waals surface area (Å²) < 4.78 is 6.25. The average Bonchev–Trinajstić information content (AvgIpc) is 3.43. The monoisotopic (exact) mass is 506 g/mol. The molecule has 0 saturated carbocycles. The third-order valence-electron chi connectivity index (χ3n) is 4.48. The standard InChI is InChI=1S/C20H15IN2O4S/c21-13-5-7-14(8-6-13)23-18(24)11-16(19(23)25)22(12-15-3-2-10-28-15)20(26)17-4-1-9-27-17/h1-10,16H,11-12H2. The zero-order chi connectivity index (χ0) is 19.7. The summed E-state index contributed by atoms with van der Waals surface area (Å²) in [7, 11) is 0. The Kier molecular flexibility index (Phi) is 5.31. The van der Waals surface area contributed by atoms with E-state index in [0.29, 0.717) is 5.69 Å². The molecule has 3 heterocycles. The minimum absolute atomic E-state index is 0.0529. The molecule has 28 heavy (non-hydrogen) atoms. The van der Waals surface area contributed by atoms with Crippen molar-refractivity contribution < 1.29 is 18.8 Å². The first-order chi connectivity index (χ1) is 13.5. The molecule has 0 aliphatic carbocycles. The lowest BCUT2D eigenvalue weighted by atomic mass is 10.2. The molecule has 0 radical (unpaired) electrons. The summed E-state index contributed by atoms with van der Waals surface area (Å²) in [6.07, 6.45) is 1.36. The number of amides is 3. The van der Waals surface area contributed by atoms with Crippen LogP contribution in [0.5, 0.6) is 0 Å². The van der Waals surface area contributed by atoms with Gasteiger partial charge in [-0.15, -0.1) is 11.3 Å². The van der Waals surface area contributed by atoms with Gasteiger partial charge in [0.05, 0.1) is 24.9 Å². The topological polar surface area (TPSA) is 70.8 Å². The zero-order valence-corrected chi connectivity index (χ0v) is 17.6. The van der Waals surface area contributed by atoms with E-state index < -0.39 is 17.9 Å². The van der Waals surface area contributed by atoms with Crippen LogP contribution in [0.2, 0.25) is 0 Å². The predicted molar refractivity (Wildman–Crippen MR) is 113 cm³/mol. The number of hydrogen-bond donors (Lipinski definition) is 0. The van der Waals surface area contributed by atoms with Gasteiger partial charge in [-0.1, -0.05) is 6.07 Å². The number of imide groups is 1. The van der Waals surface area contributed by atoms with E-state index in [9.17, 15) is 14.4 Å². The van der Waals surface area contributed by atoms with Crippen molar-refractivity contribution in [1.29, 1.82) is 0 Å². The van der Waals surface area contributed by atoms with Gasteiger partial charge in [0.1, 0.15) is 6.04 Å². The van der Waals surface area contributed by atoms with Crippen LogP contribution in [0.15, 0.2) is 64.6 Å². The summed E-state index contributed by atoms with van der Waals surface area (Å²) in [4.78, 5) is 42.3. The van der Waals surface area contributed by atoms with Crippen molar-refractivity contribution in [2.24, 2.45) is 0 Å². The van der Waals surface area contributed by atoms with Gasteiger partial charge in [-0.05, 0) is 70.4 Å². The normalized spacial score (nSPS) is 16.6. The molecule has 8 heteroatoms. The molecule has 6 nitrogen and oxygen atoms in total. The molecule has 142 valence electrons. The number of furan rings is 1. The number of rotatable bonds is 5. The van der Waals surface area contributed by atoms with Crippen LogP contribution in [-0.2, 0) is 16.1 Å². The van der Waals surface area contributed by atoms with Crippen LogP contribution in [0.25, 0.3) is 0 Å². The molecule has 0 spiro atoms. The van der Waals surface area contributed by atoms with Crippen molar-refractivity contribution in [3.63, 3.8) is 0 Å². The van der Waals surface area contributed by atoms with Crippen LogP contribution in [0.1, 0.15) is 21.9 Å². The van der Waals surface area contributed by atoms with Crippen molar-refractivity contribution >= 4 is 57.3 Å². The van der Waals surface area contributed by atoms with Gasteiger partial charge in [0.25, 0.3) is 11.8 Å². The number of nitrogens with zero attached hydrogens (tertiary/aromatic N) is 2. The van der Waals surface area contributed by atoms with Crippen molar-refractivity contribution in [3.8, 4) is 0 Å². The largest absolute Gasteiger partial charge is 0.459 e. The second-order valence-electron chi connectivity index (χ2n) is 6.25. The molecule has 1 atom stereocenters. The second kappa shape index (κ2) is 7.88. The van der Waals surface area contributed by atoms with Gasteiger partial charge in [0.2, 0.25) is 5.91 Å². The van der Waals surface area contributed by atoms with Gasteiger partial charge in [-0.2, -0.15) is 0 Å². The van der Waals surface area contributed by atoms with Crippen molar-refractivity contribution in [2.75, 3.05) is 4.90 Å². The highest BCUT2D eigenvalue weighted by molar-refractivity contribution is 14.1. The van der Waals surface area contributed by atoms with Gasteiger partial charge in [-0.3, -0.25) is 14.4 Å². The van der Waals surface area contributed by atoms with Crippen molar-refractivity contribution in [2.45, 2.75) is 19.0 Å². The van der Waals surface area contributed by atoms with Crippen LogP contribution in [-0.4, -0.2) is 28.7 Å². The highest BCUT2D eigenvalue weighted by atomic mass is 127. The van der Waals surface area contributed by atoms with E-state index in [1.807, 2.05) is 29.6 Å². The summed E-state index contributed by atoms with van der Waals surface area (Å²) >= 11 is 3.65. The first kappa shape index (κ1) is 18.9. The van der Waals surface area contributed by atoms with E-state index in [1.54, 1.807) is 24.3 Å². The Labute approximate surface area is 178 Å². The molecule has 1 aromatic carbocycles. The van der Waals surface area contributed by atoms with E-state index in [1.165, 1.54) is 22.5 Å². The van der Waals surface area contributed by atoms with Gasteiger partial charge in [0, 0.05) is 8.45 Å². The van der Waals surface area contributed by atoms with Crippen molar-refractivity contribution in [3.05, 3.63) is 74.4 Å². The summed E-state index contributed by atoms with van der Waals surface area (Å²) in [6, 6.07) is 13.2. The maximum atomic E-state index is 13.1. The molecule has 0 bridgehead atoms. The molecule has 1 aliphatic rings. The van der Waals surface area contributed by atoms with Crippen LogP contribution in [0, 0.1) is 3.57 Å². The van der Waals surface area contributed by atoms with Crippen LogP contribution < -0.4 is 4.90 Å². The van der Waals surface area contributed by atoms with Gasteiger partial charge in [0.15, 0.2) is 5.76 Å². The summed E-state index contributed by atoms with van der Waals surface area (Å²) in [5, 5.41) is 1.91. The number of benzene rings is 1. The van der Waals surface area contributed by atoms with Crippen LogP contribution in [0.4, 0.5) is 5.69 Å². The maximum Gasteiger partial charge on any atom is 0.290 e. The maximum absolute atomic E-state index is 13.1. The molecule has 3 amide bonds. The van der Waals surface area contributed by atoms with Crippen molar-refractivity contribution in [1.82, 2.24) is 4.90 Å². The fraction of sp³-hybridized carbons (Fsp3) is 0.150. The number of anilines is 1. The third kappa shape index (κ3) is 3.61. The molecule has 0 N–H and O–H groups in total. The SMILES string of the molecule is O=C1CC(N(Cc2cccs2)C(=O)c2ccco2)C(=O)N1c1ccc(I)cc1. The molecule has 2 aromatic heterocycles. The van der Waals surface area contributed by atoms with Gasteiger partial charge < -0.3 is 9.32 Å². The lowest BCUT2D eigenvalue weighted by molar-refractivity contribution is -0.122. The minimum Gasteiger partial charge on any atom is -0.459 e. The fourth-order valence-electron chi connectivity index (χ4n) is 3.16. The smallest absolute Gasteiger partial charge is 0.290 e. The Balaban J connectivity index is 1.66. The van der Waals surface area contributed by atoms with E-state index in [4.69, 9.17) is 4.42 Å². The Bertz CT molecular complexity index is 1000. The summed E-state index contributed by atoms with van der Waals surface area (Å²) in [6.45, 7) is 0.238. The van der Waals surface area contributed by atoms with E-state index in [2.05, 4.69) is 22.6 Å². The Morgan fingerprint density at radius 1 is 1.18 bits per heavy atom. The lowest BCUT2D eigenvalue weighted by Gasteiger charge is -2.26. The van der Waals surface area contributed by atoms with E-state index in [-0.39, 0.29) is 24.6 Å². The second-order valence-corrected chi connectivity index (χ2v) is 8.53. The Morgan fingerprint density at radius 3 is 2.61 bits per heavy atom. The number of halogens is 1.